The number of hydrogen-bond acceptors (Lipinski definition) is 5. The largest absolute Gasteiger partial charge is 0.471 e. The van der Waals surface area contributed by atoms with E-state index in [0.29, 0.717) is 0 Å². The van der Waals surface area contributed by atoms with E-state index in [0.717, 1.165) is 22.7 Å². The Kier molecular flexibility index (Phi) is 9.05. The lowest BCUT2D eigenvalue weighted by molar-refractivity contribution is -0.176. The summed E-state index contributed by atoms with van der Waals surface area (Å²) in [4.78, 5) is 44.1. The van der Waals surface area contributed by atoms with Gasteiger partial charge in [-0.3, -0.25) is 19.4 Å². The van der Waals surface area contributed by atoms with Crippen LogP contribution in [-0.4, -0.2) is 52.4 Å². The second kappa shape index (κ2) is 11.8. The molecule has 2 N–H and O–H groups in total. The van der Waals surface area contributed by atoms with Crippen LogP contribution in [-0.2, 0) is 14.4 Å². The molecule has 2 aromatic rings. The van der Waals surface area contributed by atoms with Gasteiger partial charge in [0.2, 0.25) is 11.8 Å². The number of amides is 3. The van der Waals surface area contributed by atoms with E-state index < -0.39 is 65.0 Å². The van der Waals surface area contributed by atoms with Crippen LogP contribution in [0.2, 0.25) is 0 Å². The van der Waals surface area contributed by atoms with E-state index in [9.17, 15) is 41.6 Å². The summed E-state index contributed by atoms with van der Waals surface area (Å²) in [5.74, 6) is -6.82. The zero-order valence-corrected chi connectivity index (χ0v) is 23.1. The molecule has 8 nitrogen and oxygen atoms in total. The number of aromatic nitrogens is 1. The number of rotatable bonds is 6. The van der Waals surface area contributed by atoms with E-state index in [2.05, 4.69) is 10.3 Å². The first kappa shape index (κ1) is 31.4. The first-order valence-electron chi connectivity index (χ1n) is 12.7. The van der Waals surface area contributed by atoms with Crippen LogP contribution in [0.1, 0.15) is 52.6 Å². The molecule has 0 bridgehead atoms. The maximum Gasteiger partial charge on any atom is 0.471 e. The third kappa shape index (κ3) is 6.81. The van der Waals surface area contributed by atoms with Crippen LogP contribution in [0.15, 0.2) is 36.2 Å². The fraction of sp³-hybridized carbons (Fsp3) is 0.464. The second-order valence-electron chi connectivity index (χ2n) is 11.2. The van der Waals surface area contributed by atoms with Crippen LogP contribution in [0.3, 0.4) is 0 Å². The predicted molar refractivity (Wildman–Crippen MR) is 139 cm³/mol. The van der Waals surface area contributed by atoms with E-state index in [1.54, 1.807) is 25.2 Å². The van der Waals surface area contributed by atoms with Gasteiger partial charge in [0.15, 0.2) is 11.6 Å². The average Bonchev–Trinajstić information content (AvgIpc) is 3.28. The number of carbonyl (C=O) groups excluding carboxylic acids is 3. The minimum atomic E-state index is -5.23. The van der Waals surface area contributed by atoms with E-state index in [4.69, 9.17) is 0 Å². The lowest BCUT2D eigenvalue weighted by atomic mass is 9.85. The quantitative estimate of drug-likeness (QED) is 0.387. The Morgan fingerprint density at radius 1 is 1.10 bits per heavy atom. The number of carbonyl (C=O) groups is 3. The fourth-order valence-electron chi connectivity index (χ4n) is 4.87. The van der Waals surface area contributed by atoms with Crippen LogP contribution >= 0.6 is 0 Å². The Morgan fingerprint density at radius 2 is 1.76 bits per heavy atom. The van der Waals surface area contributed by atoms with Crippen LogP contribution in [0.25, 0.3) is 10.8 Å². The average molecular weight is 580 g/mol. The van der Waals surface area contributed by atoms with Crippen molar-refractivity contribution in [2.75, 3.05) is 6.54 Å². The Hall–Kier alpha value is -4.08. The summed E-state index contributed by atoms with van der Waals surface area (Å²) in [5, 5.41) is 14.1. The number of alkyl halides is 3. The number of pyridine rings is 1. The third-order valence-electron chi connectivity index (χ3n) is 6.78. The van der Waals surface area contributed by atoms with Crippen LogP contribution in [0, 0.1) is 34.3 Å². The van der Waals surface area contributed by atoms with Gasteiger partial charge in [-0.05, 0) is 37.1 Å². The molecule has 1 saturated heterocycles. The van der Waals surface area contributed by atoms with Crippen molar-refractivity contribution in [3.63, 3.8) is 0 Å². The zero-order valence-electron chi connectivity index (χ0n) is 23.1. The van der Waals surface area contributed by atoms with Gasteiger partial charge in [-0.15, -0.1) is 0 Å². The van der Waals surface area contributed by atoms with Crippen molar-refractivity contribution < 1.29 is 36.3 Å². The maximum absolute atomic E-state index is 14.4. The van der Waals surface area contributed by atoms with E-state index in [1.165, 1.54) is 33.0 Å². The normalized spacial score (nSPS) is 18.8. The zero-order chi connectivity index (χ0) is 30.9. The molecule has 220 valence electrons. The van der Waals surface area contributed by atoms with Gasteiger partial charge in [-0.2, -0.15) is 18.4 Å². The molecule has 0 saturated carbocycles. The second-order valence-corrected chi connectivity index (χ2v) is 11.2. The third-order valence-corrected chi connectivity index (χ3v) is 6.78. The highest BCUT2D eigenvalue weighted by molar-refractivity contribution is 5.95. The molecule has 0 spiro atoms. The monoisotopic (exact) mass is 579 g/mol. The highest BCUT2D eigenvalue weighted by Crippen LogP contribution is 2.33. The first-order chi connectivity index (χ1) is 19.0. The summed E-state index contributed by atoms with van der Waals surface area (Å²) < 4.78 is 67.3. The van der Waals surface area contributed by atoms with Gasteiger partial charge >= 0.3 is 12.1 Å². The molecule has 1 fully saturated rings. The number of benzene rings is 1. The van der Waals surface area contributed by atoms with Gasteiger partial charge in [0.05, 0.1) is 6.07 Å². The van der Waals surface area contributed by atoms with Crippen LogP contribution < -0.4 is 10.6 Å². The molecule has 1 aliphatic heterocycles. The number of fused-ring (bicyclic) bond motifs is 1. The van der Waals surface area contributed by atoms with Crippen molar-refractivity contribution in [1.82, 2.24) is 20.5 Å². The Balaban J connectivity index is 2.00. The number of nitrogens with one attached hydrogen (secondary N) is 2. The highest BCUT2D eigenvalue weighted by Gasteiger charge is 2.48. The molecule has 1 aliphatic rings. The molecule has 1 aromatic heterocycles. The molecule has 0 radical (unpaired) electrons. The summed E-state index contributed by atoms with van der Waals surface area (Å²) in [6.07, 6.45) is -0.891. The van der Waals surface area contributed by atoms with Gasteiger partial charge in [0, 0.05) is 35.8 Å². The van der Waals surface area contributed by atoms with Crippen molar-refractivity contribution in [2.24, 2.45) is 11.3 Å². The number of hydrogen-bond donors (Lipinski definition) is 2. The molecule has 4 atom stereocenters. The molecule has 0 aliphatic carbocycles. The lowest BCUT2D eigenvalue weighted by Gasteiger charge is -2.36. The SMILES string of the molecule is CC(C)=C[C@H]1CCN(C(=O)[C@@H](NC(=O)C(F)(F)F)C(C)(C)C)[C@@H]1C(=O)NC(C#N)c1cncc2c(F)c(F)ccc12. The van der Waals surface area contributed by atoms with Gasteiger partial charge in [-0.25, -0.2) is 8.78 Å². The van der Waals surface area contributed by atoms with Gasteiger partial charge in [-0.1, -0.05) is 38.5 Å². The number of allylic oxidation sites excluding steroid dienone is 1. The van der Waals surface area contributed by atoms with Crippen molar-refractivity contribution in [1.29, 1.82) is 5.26 Å². The molecular weight excluding hydrogens is 549 g/mol. The summed E-state index contributed by atoms with van der Waals surface area (Å²) in [6, 6.07) is -0.229. The van der Waals surface area contributed by atoms with Gasteiger partial charge < -0.3 is 15.5 Å². The van der Waals surface area contributed by atoms with Gasteiger partial charge in [0.25, 0.3) is 0 Å². The summed E-state index contributed by atoms with van der Waals surface area (Å²) >= 11 is 0. The van der Waals surface area contributed by atoms with Crippen molar-refractivity contribution in [3.05, 3.63) is 53.4 Å². The van der Waals surface area contributed by atoms with E-state index >= 15 is 0 Å². The standard InChI is InChI=1S/C28H30F5N5O3/c1-14(2)10-15-8-9-38(25(40)23(27(3,4)5)37-26(41)28(31,32)33)22(15)24(39)36-20(11-34)17-12-35-13-18-16(17)6-7-19(29)21(18)30/h6-7,10,12-13,15,20,22-23H,8-9H2,1-5H3,(H,36,39)(H,37,41)/t15-,20?,22+,23-/m1/s1. The fourth-order valence-corrected chi connectivity index (χ4v) is 4.87. The Bertz CT molecular complexity index is 1420. The molecule has 1 unspecified atom stereocenters. The first-order valence-corrected chi connectivity index (χ1v) is 12.7. The number of halogens is 5. The Morgan fingerprint density at radius 3 is 2.32 bits per heavy atom. The molecule has 13 heteroatoms. The van der Waals surface area contributed by atoms with Crippen molar-refractivity contribution in [3.8, 4) is 6.07 Å². The molecule has 1 aromatic carbocycles. The summed E-state index contributed by atoms with van der Waals surface area (Å²) in [5.41, 5.74) is -0.263. The smallest absolute Gasteiger partial charge is 0.336 e. The predicted octanol–water partition coefficient (Wildman–Crippen LogP) is 4.47. The van der Waals surface area contributed by atoms with Crippen LogP contribution in [0.5, 0.6) is 0 Å². The van der Waals surface area contributed by atoms with Crippen molar-refractivity contribution >= 4 is 28.5 Å². The minimum Gasteiger partial charge on any atom is -0.336 e. The summed E-state index contributed by atoms with van der Waals surface area (Å²) in [7, 11) is 0. The molecule has 2 heterocycles. The highest BCUT2D eigenvalue weighted by atomic mass is 19.4. The summed E-state index contributed by atoms with van der Waals surface area (Å²) in [6.45, 7) is 7.98. The number of nitriles is 1. The number of nitrogens with zero attached hydrogens (tertiary/aromatic N) is 3. The number of likely N-dealkylation sites (tertiary alicyclic amines) is 1. The molecular formula is C28H30F5N5O3. The van der Waals surface area contributed by atoms with Crippen LogP contribution in [0.4, 0.5) is 22.0 Å². The van der Waals surface area contributed by atoms with E-state index in [1.807, 2.05) is 6.07 Å². The maximum atomic E-state index is 14.4. The van der Waals surface area contributed by atoms with Crippen molar-refractivity contribution in [2.45, 2.75) is 65.3 Å². The molecule has 3 rings (SSSR count). The molecule has 3 amide bonds. The Labute approximate surface area is 233 Å². The van der Waals surface area contributed by atoms with Gasteiger partial charge in [0.1, 0.15) is 18.1 Å². The topological polar surface area (TPSA) is 115 Å². The molecule has 41 heavy (non-hydrogen) atoms. The van der Waals surface area contributed by atoms with E-state index in [-0.39, 0.29) is 29.3 Å². The minimum absolute atomic E-state index is 0.00261. The lowest BCUT2D eigenvalue weighted by Crippen LogP contribution is -2.60.